The van der Waals surface area contributed by atoms with E-state index in [-0.39, 0.29) is 0 Å². The molecule has 0 spiro atoms. The highest BCUT2D eigenvalue weighted by atomic mass is 16.1. The van der Waals surface area contributed by atoms with Crippen molar-refractivity contribution in [2.75, 3.05) is 0 Å². The molecule has 0 bridgehead atoms. The van der Waals surface area contributed by atoms with Crippen LogP contribution in [-0.4, -0.2) is 5.91 Å². The topological polar surface area (TPSA) is 69.1 Å². The molecule has 0 unspecified atom stereocenters. The summed E-state index contributed by atoms with van der Waals surface area (Å²) in [5.41, 5.74) is 12.1. The first-order valence-corrected chi connectivity index (χ1v) is 4.76. The van der Waals surface area contributed by atoms with Crippen molar-refractivity contribution in [1.82, 2.24) is 0 Å². The van der Waals surface area contributed by atoms with Crippen molar-refractivity contribution < 1.29 is 4.79 Å². The lowest BCUT2D eigenvalue weighted by Gasteiger charge is -2.08. The van der Waals surface area contributed by atoms with E-state index in [1.54, 1.807) is 18.2 Å². The van der Waals surface area contributed by atoms with Crippen molar-refractivity contribution in [2.24, 2.45) is 11.5 Å². The Balaban J connectivity index is 5.02. The predicted octanol–water partition coefficient (Wildman–Crippen LogP) is 1.78. The van der Waals surface area contributed by atoms with Gasteiger partial charge >= 0.3 is 0 Å². The Bertz CT molecular complexity index is 289. The number of allylic oxidation sites excluding steroid dienone is 4. The predicted molar refractivity (Wildman–Crippen MR) is 63.8 cm³/mol. The summed E-state index contributed by atoms with van der Waals surface area (Å²) < 4.78 is 0. The summed E-state index contributed by atoms with van der Waals surface area (Å²) in [6.45, 7) is 7.28. The summed E-state index contributed by atoms with van der Waals surface area (Å²) in [5.74, 6) is -0.410. The van der Waals surface area contributed by atoms with Gasteiger partial charge in [0, 0.05) is 5.57 Å². The van der Waals surface area contributed by atoms with E-state index in [1.165, 1.54) is 6.20 Å². The molecule has 0 radical (unpaired) electrons. The van der Waals surface area contributed by atoms with Crippen LogP contribution in [0.25, 0.3) is 0 Å². The minimum atomic E-state index is -0.410. The Morgan fingerprint density at radius 1 is 1.13 bits per heavy atom. The number of hydrogen-bond acceptors (Lipinski definition) is 2. The van der Waals surface area contributed by atoms with E-state index in [0.29, 0.717) is 24.8 Å². The lowest BCUT2D eigenvalue weighted by Crippen LogP contribution is -2.15. The summed E-state index contributed by atoms with van der Waals surface area (Å²) >= 11 is 0. The molecular weight excluding hydrogens is 188 g/mol. The number of hydrogen-bond donors (Lipinski definition) is 2. The number of primary amides is 1. The fourth-order valence-electron chi connectivity index (χ4n) is 1.28. The lowest BCUT2D eigenvalue weighted by atomic mass is 9.98. The molecule has 0 rings (SSSR count). The number of rotatable bonds is 7. The van der Waals surface area contributed by atoms with Gasteiger partial charge in [0.2, 0.25) is 5.91 Å². The average molecular weight is 206 g/mol. The van der Waals surface area contributed by atoms with Gasteiger partial charge in [0.25, 0.3) is 0 Å². The van der Waals surface area contributed by atoms with Crippen LogP contribution >= 0.6 is 0 Å². The van der Waals surface area contributed by atoms with Crippen molar-refractivity contribution in [3.63, 3.8) is 0 Å². The molecule has 3 nitrogen and oxygen atoms in total. The number of nitrogens with two attached hydrogens (primary N) is 2. The first kappa shape index (κ1) is 13.2. The van der Waals surface area contributed by atoms with Crippen molar-refractivity contribution in [3.8, 4) is 0 Å². The van der Waals surface area contributed by atoms with Crippen molar-refractivity contribution >= 4 is 5.91 Å². The fourth-order valence-corrected chi connectivity index (χ4v) is 1.28. The SMILES string of the molecule is C=CCC(CC=C)=C(CC=CN)C(N)=O. The average Bonchev–Trinajstić information content (AvgIpc) is 2.18. The van der Waals surface area contributed by atoms with Gasteiger partial charge < -0.3 is 11.5 Å². The van der Waals surface area contributed by atoms with Gasteiger partial charge in [0.05, 0.1) is 0 Å². The Labute approximate surface area is 90.8 Å². The maximum absolute atomic E-state index is 11.2. The molecule has 0 aromatic carbocycles. The third kappa shape index (κ3) is 4.86. The van der Waals surface area contributed by atoms with Gasteiger partial charge in [0.1, 0.15) is 0 Å². The van der Waals surface area contributed by atoms with Crippen LogP contribution in [0.1, 0.15) is 19.3 Å². The standard InChI is InChI=1S/C12H18N2O/c1-3-6-10(7-4-2)11(12(14)15)8-5-9-13/h3-5,9H,1-2,6-8,13H2,(H2,14,15). The van der Waals surface area contributed by atoms with Crippen LogP contribution in [0.2, 0.25) is 0 Å². The quantitative estimate of drug-likeness (QED) is 0.492. The van der Waals surface area contributed by atoms with Crippen molar-refractivity contribution in [2.45, 2.75) is 19.3 Å². The maximum atomic E-state index is 11.2. The van der Waals surface area contributed by atoms with Gasteiger partial charge in [-0.05, 0) is 25.5 Å². The van der Waals surface area contributed by atoms with Gasteiger partial charge in [-0.25, -0.2) is 0 Å². The van der Waals surface area contributed by atoms with Crippen LogP contribution in [0.15, 0.2) is 48.7 Å². The number of amides is 1. The largest absolute Gasteiger partial charge is 0.405 e. The summed E-state index contributed by atoms with van der Waals surface area (Å²) in [4.78, 5) is 11.2. The zero-order valence-corrected chi connectivity index (χ0v) is 8.91. The zero-order valence-electron chi connectivity index (χ0n) is 8.91. The Hall–Kier alpha value is -1.77. The van der Waals surface area contributed by atoms with E-state index in [0.717, 1.165) is 5.57 Å². The molecule has 82 valence electrons. The molecule has 3 heteroatoms. The Morgan fingerprint density at radius 3 is 2.00 bits per heavy atom. The van der Waals surface area contributed by atoms with Crippen LogP contribution in [0.5, 0.6) is 0 Å². The highest BCUT2D eigenvalue weighted by Gasteiger charge is 2.08. The van der Waals surface area contributed by atoms with Gasteiger partial charge in [-0.15, -0.1) is 13.2 Å². The van der Waals surface area contributed by atoms with Gasteiger partial charge in [-0.3, -0.25) is 4.79 Å². The van der Waals surface area contributed by atoms with Gasteiger partial charge in [-0.2, -0.15) is 0 Å². The Morgan fingerprint density at radius 2 is 1.67 bits per heavy atom. The first-order valence-electron chi connectivity index (χ1n) is 4.76. The van der Waals surface area contributed by atoms with E-state index in [2.05, 4.69) is 13.2 Å². The van der Waals surface area contributed by atoms with Crippen molar-refractivity contribution in [3.05, 3.63) is 48.7 Å². The third-order valence-corrected chi connectivity index (χ3v) is 1.96. The van der Waals surface area contributed by atoms with E-state index in [9.17, 15) is 4.79 Å². The van der Waals surface area contributed by atoms with Crippen LogP contribution in [-0.2, 0) is 4.79 Å². The fraction of sp³-hybridized carbons (Fsp3) is 0.250. The molecule has 0 saturated heterocycles. The number of carbonyl (C=O) groups is 1. The molecule has 0 saturated carbocycles. The molecule has 0 aliphatic heterocycles. The van der Waals surface area contributed by atoms with E-state index in [1.807, 2.05) is 0 Å². The summed E-state index contributed by atoms with van der Waals surface area (Å²) in [6, 6.07) is 0. The molecule has 15 heavy (non-hydrogen) atoms. The lowest BCUT2D eigenvalue weighted by molar-refractivity contribution is -0.114. The second-order valence-electron chi connectivity index (χ2n) is 3.06. The van der Waals surface area contributed by atoms with Gasteiger partial charge in [-0.1, -0.05) is 23.8 Å². The van der Waals surface area contributed by atoms with Crippen LogP contribution in [0, 0.1) is 0 Å². The van der Waals surface area contributed by atoms with Crippen molar-refractivity contribution in [1.29, 1.82) is 0 Å². The minimum Gasteiger partial charge on any atom is -0.405 e. The molecule has 4 N–H and O–H groups in total. The number of carbonyl (C=O) groups excluding carboxylic acids is 1. The van der Waals surface area contributed by atoms with E-state index >= 15 is 0 Å². The monoisotopic (exact) mass is 206 g/mol. The van der Waals surface area contributed by atoms with E-state index < -0.39 is 5.91 Å². The molecule has 0 aliphatic carbocycles. The summed E-state index contributed by atoms with van der Waals surface area (Å²) in [5, 5.41) is 0. The highest BCUT2D eigenvalue weighted by molar-refractivity contribution is 5.93. The molecule has 0 heterocycles. The van der Waals surface area contributed by atoms with Crippen LogP contribution in [0.3, 0.4) is 0 Å². The molecule has 0 fully saturated rings. The summed E-state index contributed by atoms with van der Waals surface area (Å²) in [6.07, 6.45) is 8.34. The molecule has 0 atom stereocenters. The normalized spacial score (nSPS) is 9.87. The minimum absolute atomic E-state index is 0.410. The Kier molecular flexibility index (Phi) is 6.72. The third-order valence-electron chi connectivity index (χ3n) is 1.96. The zero-order chi connectivity index (χ0) is 11.7. The molecular formula is C12H18N2O. The summed E-state index contributed by atoms with van der Waals surface area (Å²) in [7, 11) is 0. The smallest absolute Gasteiger partial charge is 0.244 e. The second-order valence-corrected chi connectivity index (χ2v) is 3.06. The molecule has 1 amide bonds. The molecule has 0 aromatic rings. The van der Waals surface area contributed by atoms with Gasteiger partial charge in [0.15, 0.2) is 0 Å². The maximum Gasteiger partial charge on any atom is 0.244 e. The molecule has 0 aliphatic rings. The van der Waals surface area contributed by atoms with Crippen LogP contribution in [0.4, 0.5) is 0 Å². The highest BCUT2D eigenvalue weighted by Crippen LogP contribution is 2.17. The molecule has 0 aromatic heterocycles. The second kappa shape index (κ2) is 7.62. The first-order chi connectivity index (χ1) is 7.17. The van der Waals surface area contributed by atoms with E-state index in [4.69, 9.17) is 11.5 Å². The van der Waals surface area contributed by atoms with Crippen LogP contribution < -0.4 is 11.5 Å².